The van der Waals surface area contributed by atoms with E-state index < -0.39 is 15.8 Å². The Bertz CT molecular complexity index is 1320. The summed E-state index contributed by atoms with van der Waals surface area (Å²) < 4.78 is 41.0. The standard InChI is InChI=1S/C23H26ClFN6O3S/c1-4-31(5-2)22(32)15-11-12-17(25)20(13-15)28-23-26-14-16(24)21(29-23)27-18-9-7-8-10-19(18)30-35(33,34)6-3/h7-14,30H,4-6H2,1-3H3,(H2,26,27,28,29). The van der Waals surface area contributed by atoms with E-state index in [0.717, 1.165) is 0 Å². The normalized spacial score (nSPS) is 11.1. The van der Waals surface area contributed by atoms with Gasteiger partial charge in [-0.3, -0.25) is 9.52 Å². The number of sulfonamides is 1. The average molecular weight is 521 g/mol. The predicted octanol–water partition coefficient (Wildman–Crippen LogP) is 5.00. The second-order valence-corrected chi connectivity index (χ2v) is 9.78. The third-order valence-corrected chi connectivity index (χ3v) is 6.65. The molecule has 0 saturated carbocycles. The van der Waals surface area contributed by atoms with E-state index in [1.807, 2.05) is 13.8 Å². The SMILES string of the molecule is CCN(CC)C(=O)c1ccc(F)c(Nc2ncc(Cl)c(Nc3ccccc3NS(=O)(=O)CC)n2)c1. The van der Waals surface area contributed by atoms with E-state index in [9.17, 15) is 17.6 Å². The van der Waals surface area contributed by atoms with Gasteiger partial charge in [-0.25, -0.2) is 17.8 Å². The lowest BCUT2D eigenvalue weighted by Gasteiger charge is -2.19. The molecule has 3 rings (SSSR count). The van der Waals surface area contributed by atoms with Crippen LogP contribution in [0.25, 0.3) is 0 Å². The van der Waals surface area contributed by atoms with Gasteiger partial charge in [0.2, 0.25) is 16.0 Å². The van der Waals surface area contributed by atoms with Gasteiger partial charge in [-0.05, 0) is 51.1 Å². The molecule has 0 bridgehead atoms. The quantitative estimate of drug-likeness (QED) is 0.344. The Balaban J connectivity index is 1.88. The molecule has 9 nitrogen and oxygen atoms in total. The van der Waals surface area contributed by atoms with E-state index >= 15 is 0 Å². The summed E-state index contributed by atoms with van der Waals surface area (Å²) in [5.74, 6) is -0.708. The first-order valence-electron chi connectivity index (χ1n) is 10.9. The van der Waals surface area contributed by atoms with Gasteiger partial charge in [0, 0.05) is 18.7 Å². The molecule has 0 atom stereocenters. The number of anilines is 5. The molecule has 3 aromatic rings. The molecule has 0 fully saturated rings. The molecule has 35 heavy (non-hydrogen) atoms. The van der Waals surface area contributed by atoms with Gasteiger partial charge in [0.25, 0.3) is 5.91 Å². The molecule has 3 N–H and O–H groups in total. The van der Waals surface area contributed by atoms with Crippen LogP contribution in [-0.4, -0.2) is 48.0 Å². The molecule has 186 valence electrons. The van der Waals surface area contributed by atoms with Crippen LogP contribution < -0.4 is 15.4 Å². The highest BCUT2D eigenvalue weighted by Crippen LogP contribution is 2.30. The minimum Gasteiger partial charge on any atom is -0.339 e. The molecule has 2 aromatic carbocycles. The number of benzene rings is 2. The van der Waals surface area contributed by atoms with Crippen molar-refractivity contribution in [2.45, 2.75) is 20.8 Å². The lowest BCUT2D eigenvalue weighted by molar-refractivity contribution is 0.0773. The van der Waals surface area contributed by atoms with Gasteiger partial charge in [-0.1, -0.05) is 23.7 Å². The van der Waals surface area contributed by atoms with Crippen LogP contribution >= 0.6 is 11.6 Å². The number of rotatable bonds is 10. The van der Waals surface area contributed by atoms with Gasteiger partial charge in [-0.15, -0.1) is 0 Å². The Labute approximate surface area is 208 Å². The summed E-state index contributed by atoms with van der Waals surface area (Å²) >= 11 is 6.25. The summed E-state index contributed by atoms with van der Waals surface area (Å²) in [5.41, 5.74) is 1.07. The number of hydrogen-bond acceptors (Lipinski definition) is 7. The highest BCUT2D eigenvalue weighted by Gasteiger charge is 2.16. The number of amides is 1. The van der Waals surface area contributed by atoms with Crippen LogP contribution in [0.2, 0.25) is 5.02 Å². The van der Waals surface area contributed by atoms with Gasteiger partial charge < -0.3 is 15.5 Å². The highest BCUT2D eigenvalue weighted by atomic mass is 35.5. The monoisotopic (exact) mass is 520 g/mol. The summed E-state index contributed by atoms with van der Waals surface area (Å²) in [6, 6.07) is 10.7. The van der Waals surface area contributed by atoms with Crippen LogP contribution in [0.1, 0.15) is 31.1 Å². The van der Waals surface area contributed by atoms with Crippen molar-refractivity contribution in [1.82, 2.24) is 14.9 Å². The predicted molar refractivity (Wildman–Crippen MR) is 137 cm³/mol. The van der Waals surface area contributed by atoms with Crippen molar-refractivity contribution >= 4 is 56.4 Å². The molecular formula is C23H26ClFN6O3S. The van der Waals surface area contributed by atoms with Crippen LogP contribution in [0.4, 0.5) is 33.2 Å². The number of nitrogens with one attached hydrogen (secondary N) is 3. The molecule has 0 spiro atoms. The second-order valence-electron chi connectivity index (χ2n) is 7.36. The smallest absolute Gasteiger partial charge is 0.253 e. The largest absolute Gasteiger partial charge is 0.339 e. The van der Waals surface area contributed by atoms with E-state index in [0.29, 0.717) is 30.0 Å². The maximum atomic E-state index is 14.5. The maximum Gasteiger partial charge on any atom is 0.253 e. The van der Waals surface area contributed by atoms with E-state index in [4.69, 9.17) is 11.6 Å². The molecule has 0 radical (unpaired) electrons. The van der Waals surface area contributed by atoms with Crippen LogP contribution in [0.5, 0.6) is 0 Å². The molecule has 1 heterocycles. The zero-order chi connectivity index (χ0) is 25.6. The van der Waals surface area contributed by atoms with E-state index in [1.54, 1.807) is 29.2 Å². The first-order valence-corrected chi connectivity index (χ1v) is 12.9. The van der Waals surface area contributed by atoms with Gasteiger partial charge in [0.05, 0.1) is 29.0 Å². The molecule has 1 amide bonds. The number of hydrogen-bond donors (Lipinski definition) is 3. The third-order valence-electron chi connectivity index (χ3n) is 5.08. The van der Waals surface area contributed by atoms with Crippen molar-refractivity contribution in [3.63, 3.8) is 0 Å². The fourth-order valence-corrected chi connectivity index (χ4v) is 3.93. The number of aromatic nitrogens is 2. The molecule has 12 heteroatoms. The summed E-state index contributed by atoms with van der Waals surface area (Å²) in [7, 11) is -3.51. The van der Waals surface area contributed by atoms with E-state index in [-0.39, 0.29) is 34.1 Å². The van der Waals surface area contributed by atoms with Crippen molar-refractivity contribution in [2.75, 3.05) is 34.2 Å². The van der Waals surface area contributed by atoms with E-state index in [2.05, 4.69) is 25.3 Å². The Hall–Kier alpha value is -3.44. The maximum absolute atomic E-state index is 14.5. The highest BCUT2D eigenvalue weighted by molar-refractivity contribution is 7.92. The molecule has 0 aliphatic rings. The molecule has 1 aromatic heterocycles. The molecule has 0 saturated heterocycles. The Kier molecular flexibility index (Phi) is 8.47. The number of halogens is 2. The minimum absolute atomic E-state index is 0.0207. The summed E-state index contributed by atoms with van der Waals surface area (Å²) in [5, 5.41) is 5.92. The second kappa shape index (κ2) is 11.3. The van der Waals surface area contributed by atoms with Crippen molar-refractivity contribution in [2.24, 2.45) is 0 Å². The fourth-order valence-electron chi connectivity index (χ4n) is 3.13. The summed E-state index contributed by atoms with van der Waals surface area (Å²) in [6.07, 6.45) is 1.32. The molecular weight excluding hydrogens is 495 g/mol. The summed E-state index contributed by atoms with van der Waals surface area (Å²) in [6.45, 7) is 6.32. The average Bonchev–Trinajstić information content (AvgIpc) is 2.84. The number of carbonyl (C=O) groups excluding carboxylic acids is 1. The number of para-hydroxylation sites is 2. The third kappa shape index (κ3) is 6.58. The summed E-state index contributed by atoms with van der Waals surface area (Å²) in [4.78, 5) is 22.7. The van der Waals surface area contributed by atoms with Crippen molar-refractivity contribution < 1.29 is 17.6 Å². The van der Waals surface area contributed by atoms with Crippen molar-refractivity contribution in [1.29, 1.82) is 0 Å². The topological polar surface area (TPSA) is 116 Å². The van der Waals surface area contributed by atoms with Crippen molar-refractivity contribution in [3.8, 4) is 0 Å². The molecule has 0 aliphatic heterocycles. The fraction of sp³-hybridized carbons (Fsp3) is 0.261. The van der Waals surface area contributed by atoms with Gasteiger partial charge in [0.1, 0.15) is 10.8 Å². The number of carbonyl (C=O) groups is 1. The molecule has 0 aliphatic carbocycles. The van der Waals surface area contributed by atoms with Gasteiger partial charge in [-0.2, -0.15) is 4.98 Å². The Morgan fingerprint density at radius 2 is 1.71 bits per heavy atom. The Morgan fingerprint density at radius 3 is 2.37 bits per heavy atom. The van der Waals surface area contributed by atoms with Crippen LogP contribution in [0.3, 0.4) is 0 Å². The first-order chi connectivity index (χ1) is 16.7. The van der Waals surface area contributed by atoms with E-state index in [1.165, 1.54) is 31.3 Å². The van der Waals surface area contributed by atoms with Crippen molar-refractivity contribution in [3.05, 3.63) is 65.1 Å². The zero-order valence-electron chi connectivity index (χ0n) is 19.5. The first kappa shape index (κ1) is 26.2. The lowest BCUT2D eigenvalue weighted by Crippen LogP contribution is -2.30. The lowest BCUT2D eigenvalue weighted by atomic mass is 10.1. The zero-order valence-corrected chi connectivity index (χ0v) is 21.0. The van der Waals surface area contributed by atoms with Crippen LogP contribution in [0.15, 0.2) is 48.7 Å². The number of nitrogens with zero attached hydrogens (tertiary/aromatic N) is 3. The minimum atomic E-state index is -3.51. The van der Waals surface area contributed by atoms with Crippen LogP contribution in [-0.2, 0) is 10.0 Å². The Morgan fingerprint density at radius 1 is 1.03 bits per heavy atom. The van der Waals surface area contributed by atoms with Crippen LogP contribution in [0, 0.1) is 5.82 Å². The van der Waals surface area contributed by atoms with Gasteiger partial charge in [0.15, 0.2) is 5.82 Å². The molecule has 0 unspecified atom stereocenters. The van der Waals surface area contributed by atoms with Gasteiger partial charge >= 0.3 is 0 Å².